The number of carbonyl (C=O) groups excluding carboxylic acids is 1. The van der Waals surface area contributed by atoms with E-state index in [1.165, 1.54) is 0 Å². The van der Waals surface area contributed by atoms with Crippen LogP contribution < -0.4 is 0 Å². The summed E-state index contributed by atoms with van der Waals surface area (Å²) < 4.78 is 25.7. The molecular formula is C27H33Cl2NO3S. The van der Waals surface area contributed by atoms with Crippen LogP contribution in [0.1, 0.15) is 63.6 Å². The van der Waals surface area contributed by atoms with Gasteiger partial charge in [-0.25, -0.2) is 8.42 Å². The molecule has 2 aromatic carbocycles. The second-order valence-corrected chi connectivity index (χ2v) is 13.3. The van der Waals surface area contributed by atoms with Crippen LogP contribution in [-0.4, -0.2) is 36.3 Å². The maximum absolute atomic E-state index is 14.1. The maximum Gasteiger partial charge on any atom is 0.229 e. The van der Waals surface area contributed by atoms with Crippen LogP contribution in [0.5, 0.6) is 0 Å². The van der Waals surface area contributed by atoms with Gasteiger partial charge in [0.2, 0.25) is 5.91 Å². The van der Waals surface area contributed by atoms with Crippen LogP contribution in [0.2, 0.25) is 10.0 Å². The lowest BCUT2D eigenvalue weighted by molar-refractivity contribution is -0.153. The number of hydrogen-bond acceptors (Lipinski definition) is 3. The van der Waals surface area contributed by atoms with Gasteiger partial charge >= 0.3 is 0 Å². The Kier molecular flexibility index (Phi) is 8.22. The van der Waals surface area contributed by atoms with Crippen molar-refractivity contribution in [1.82, 2.24) is 4.90 Å². The molecular weight excluding hydrogens is 489 g/mol. The average Bonchev–Trinajstić information content (AvgIpc) is 2.75. The Balaban J connectivity index is 2.21. The summed E-state index contributed by atoms with van der Waals surface area (Å²) in [6.45, 7) is 11.0. The van der Waals surface area contributed by atoms with Crippen LogP contribution >= 0.6 is 23.2 Å². The van der Waals surface area contributed by atoms with Crippen molar-refractivity contribution in [2.45, 2.75) is 63.8 Å². The number of allylic oxidation sites excluding steroid dienone is 1. The Morgan fingerprint density at radius 2 is 1.74 bits per heavy atom. The zero-order chi connectivity index (χ0) is 25.3. The monoisotopic (exact) mass is 521 g/mol. The van der Waals surface area contributed by atoms with Crippen molar-refractivity contribution in [3.05, 3.63) is 82.4 Å². The van der Waals surface area contributed by atoms with Gasteiger partial charge in [-0.1, -0.05) is 60.5 Å². The maximum atomic E-state index is 14.1. The van der Waals surface area contributed by atoms with Gasteiger partial charge in [0.05, 0.1) is 22.5 Å². The lowest BCUT2D eigenvalue weighted by Gasteiger charge is -2.51. The fourth-order valence-corrected chi connectivity index (χ4v) is 6.52. The number of likely N-dealkylation sites (tertiary alicyclic amines) is 1. The van der Waals surface area contributed by atoms with Gasteiger partial charge in [-0.05, 0) is 69.0 Å². The standard InChI is InChI=1S/C27H33Cl2NO3S/c1-6-14-27(5)16-24(21-8-7-9-23(29)15-21)25(20-10-12-22(28)13-11-20)30(26(27)31)19(4)17-34(32,33)18(2)3/h6-13,15,18-19,24-25H,1,14,16-17H2,2-5H3/t19-,24+,25+,27-/m0/s1. The number of hydrogen-bond donors (Lipinski definition) is 0. The third kappa shape index (κ3) is 5.53. The Morgan fingerprint density at radius 3 is 2.29 bits per heavy atom. The summed E-state index contributed by atoms with van der Waals surface area (Å²) in [4.78, 5) is 15.9. The van der Waals surface area contributed by atoms with Crippen molar-refractivity contribution in [1.29, 1.82) is 0 Å². The minimum absolute atomic E-state index is 0.0583. The molecule has 0 radical (unpaired) electrons. The molecule has 3 rings (SSSR count). The Hall–Kier alpha value is -1.82. The molecule has 4 atom stereocenters. The number of benzene rings is 2. The van der Waals surface area contributed by atoms with Gasteiger partial charge in [-0.3, -0.25) is 4.79 Å². The highest BCUT2D eigenvalue weighted by Crippen LogP contribution is 2.52. The summed E-state index contributed by atoms with van der Waals surface area (Å²) >= 11 is 12.5. The third-order valence-electron chi connectivity index (χ3n) is 6.85. The molecule has 1 aliphatic heterocycles. The molecule has 0 spiro atoms. The van der Waals surface area contributed by atoms with E-state index in [4.69, 9.17) is 23.2 Å². The van der Waals surface area contributed by atoms with Crippen molar-refractivity contribution in [2.24, 2.45) is 5.41 Å². The molecule has 0 aliphatic carbocycles. The smallest absolute Gasteiger partial charge is 0.229 e. The molecule has 1 aliphatic rings. The zero-order valence-corrected chi connectivity index (χ0v) is 22.5. The lowest BCUT2D eigenvalue weighted by Crippen LogP contribution is -2.56. The average molecular weight is 523 g/mol. The molecule has 4 nitrogen and oxygen atoms in total. The molecule has 1 heterocycles. The first-order valence-electron chi connectivity index (χ1n) is 11.6. The second-order valence-electron chi connectivity index (χ2n) is 9.86. The van der Waals surface area contributed by atoms with E-state index in [1.807, 2.05) is 62.4 Å². The molecule has 1 amide bonds. The predicted octanol–water partition coefficient (Wildman–Crippen LogP) is 6.84. The van der Waals surface area contributed by atoms with Gasteiger partial charge in [0.15, 0.2) is 9.84 Å². The first-order valence-corrected chi connectivity index (χ1v) is 14.0. The summed E-state index contributed by atoms with van der Waals surface area (Å²) in [6, 6.07) is 14.3. The molecule has 0 N–H and O–H groups in total. The van der Waals surface area contributed by atoms with Crippen LogP contribution in [0.15, 0.2) is 61.2 Å². The first-order chi connectivity index (χ1) is 15.9. The van der Waals surface area contributed by atoms with Crippen molar-refractivity contribution >= 4 is 38.9 Å². The van der Waals surface area contributed by atoms with E-state index < -0.39 is 26.5 Å². The first kappa shape index (κ1) is 26.8. The molecule has 7 heteroatoms. The van der Waals surface area contributed by atoms with E-state index in [-0.39, 0.29) is 23.6 Å². The van der Waals surface area contributed by atoms with Crippen LogP contribution in [0.25, 0.3) is 0 Å². The van der Waals surface area contributed by atoms with E-state index in [1.54, 1.807) is 24.8 Å². The van der Waals surface area contributed by atoms with Gasteiger partial charge < -0.3 is 4.90 Å². The number of nitrogens with zero attached hydrogens (tertiary/aromatic N) is 1. The number of halogens is 2. The molecule has 0 unspecified atom stereocenters. The molecule has 34 heavy (non-hydrogen) atoms. The number of piperidine rings is 1. The highest BCUT2D eigenvalue weighted by Gasteiger charge is 2.50. The molecule has 1 saturated heterocycles. The van der Waals surface area contributed by atoms with E-state index in [0.717, 1.165) is 11.1 Å². The fourth-order valence-electron chi connectivity index (χ4n) is 4.98. The summed E-state index contributed by atoms with van der Waals surface area (Å²) in [6.07, 6.45) is 2.85. The van der Waals surface area contributed by atoms with Crippen LogP contribution in [0.4, 0.5) is 0 Å². The summed E-state index contributed by atoms with van der Waals surface area (Å²) in [5, 5.41) is 0.701. The largest absolute Gasteiger partial charge is 0.331 e. The summed E-state index contributed by atoms with van der Waals surface area (Å²) in [7, 11) is -3.38. The summed E-state index contributed by atoms with van der Waals surface area (Å²) in [5.74, 6) is -0.253. The fraction of sp³-hybridized carbons (Fsp3) is 0.444. The number of sulfone groups is 1. The van der Waals surface area contributed by atoms with Crippen LogP contribution in [-0.2, 0) is 14.6 Å². The Morgan fingerprint density at radius 1 is 1.09 bits per heavy atom. The Labute approximate surface area is 213 Å². The summed E-state index contributed by atoms with van der Waals surface area (Å²) in [5.41, 5.74) is 1.21. The second kappa shape index (κ2) is 10.4. The minimum atomic E-state index is -3.38. The van der Waals surface area contributed by atoms with Crippen LogP contribution in [0, 0.1) is 5.41 Å². The quantitative estimate of drug-likeness (QED) is 0.357. The highest BCUT2D eigenvalue weighted by atomic mass is 35.5. The van der Waals surface area contributed by atoms with Crippen molar-refractivity contribution < 1.29 is 13.2 Å². The molecule has 2 aromatic rings. The van der Waals surface area contributed by atoms with E-state index >= 15 is 0 Å². The molecule has 0 bridgehead atoms. The normalized spacial score (nSPS) is 24.3. The van der Waals surface area contributed by atoms with E-state index in [0.29, 0.717) is 22.9 Å². The van der Waals surface area contributed by atoms with E-state index in [2.05, 4.69) is 6.58 Å². The van der Waals surface area contributed by atoms with Crippen molar-refractivity contribution in [2.75, 3.05) is 5.75 Å². The number of amides is 1. The zero-order valence-electron chi connectivity index (χ0n) is 20.2. The van der Waals surface area contributed by atoms with Gasteiger partial charge in [-0.15, -0.1) is 6.58 Å². The molecule has 0 aromatic heterocycles. The van der Waals surface area contributed by atoms with Crippen molar-refractivity contribution in [3.8, 4) is 0 Å². The predicted molar refractivity (Wildman–Crippen MR) is 141 cm³/mol. The van der Waals surface area contributed by atoms with Gasteiger partial charge in [0.1, 0.15) is 0 Å². The van der Waals surface area contributed by atoms with Crippen molar-refractivity contribution in [3.63, 3.8) is 0 Å². The Bertz CT molecular complexity index is 1150. The van der Waals surface area contributed by atoms with E-state index in [9.17, 15) is 13.2 Å². The minimum Gasteiger partial charge on any atom is -0.331 e. The highest BCUT2D eigenvalue weighted by molar-refractivity contribution is 7.92. The van der Waals surface area contributed by atoms with Crippen LogP contribution in [0.3, 0.4) is 0 Å². The van der Waals surface area contributed by atoms with Gasteiger partial charge in [0, 0.05) is 22.0 Å². The number of rotatable bonds is 8. The van der Waals surface area contributed by atoms with Gasteiger partial charge in [0.25, 0.3) is 0 Å². The topological polar surface area (TPSA) is 54.5 Å². The number of carbonyl (C=O) groups is 1. The molecule has 1 fully saturated rings. The SMILES string of the molecule is C=CC[C@@]1(C)C[C@H](c2cccc(Cl)c2)[C@@H](c2ccc(Cl)cc2)N([C@@H](C)CS(=O)(=O)C(C)C)C1=O. The molecule has 184 valence electrons. The molecule has 0 saturated carbocycles. The van der Waals surface area contributed by atoms with Gasteiger partial charge in [-0.2, -0.15) is 0 Å². The lowest BCUT2D eigenvalue weighted by atomic mass is 9.67. The third-order valence-corrected chi connectivity index (χ3v) is 9.72.